The zero-order valence-electron chi connectivity index (χ0n) is 9.52. The molecule has 0 aliphatic rings. The number of aliphatic hydroxyl groups is 1. The standard InChI is InChI=1S/C13H11N3OS/c17-8-10-3-1-2-4-12(10)18-11-5-6-13-15-14-9-16(13)7-11/h1-7,9,17H,8H2. The van der Waals surface area contributed by atoms with E-state index in [9.17, 15) is 5.11 Å². The Morgan fingerprint density at radius 1 is 1.17 bits per heavy atom. The number of benzene rings is 1. The summed E-state index contributed by atoms with van der Waals surface area (Å²) >= 11 is 1.62. The number of rotatable bonds is 3. The number of pyridine rings is 1. The molecule has 0 fully saturated rings. The minimum absolute atomic E-state index is 0.0536. The van der Waals surface area contributed by atoms with Crippen LogP contribution in [0.4, 0.5) is 0 Å². The zero-order chi connectivity index (χ0) is 12.4. The maximum absolute atomic E-state index is 9.30. The van der Waals surface area contributed by atoms with Crippen LogP contribution in [0.1, 0.15) is 5.56 Å². The van der Waals surface area contributed by atoms with E-state index < -0.39 is 0 Å². The average molecular weight is 257 g/mol. The number of aromatic nitrogens is 3. The zero-order valence-corrected chi connectivity index (χ0v) is 10.3. The molecule has 0 saturated heterocycles. The lowest BCUT2D eigenvalue weighted by Gasteiger charge is -2.06. The van der Waals surface area contributed by atoms with Crippen LogP contribution in [0.3, 0.4) is 0 Å². The Morgan fingerprint density at radius 2 is 2.06 bits per heavy atom. The summed E-state index contributed by atoms with van der Waals surface area (Å²) in [5, 5.41) is 17.1. The lowest BCUT2D eigenvalue weighted by molar-refractivity contribution is 0.279. The van der Waals surface area contributed by atoms with Crippen molar-refractivity contribution in [1.82, 2.24) is 14.6 Å². The molecular weight excluding hydrogens is 246 g/mol. The molecule has 0 saturated carbocycles. The number of hydrogen-bond donors (Lipinski definition) is 1. The van der Waals surface area contributed by atoms with Gasteiger partial charge in [-0.1, -0.05) is 30.0 Å². The topological polar surface area (TPSA) is 50.4 Å². The largest absolute Gasteiger partial charge is 0.392 e. The Hall–Kier alpha value is -1.85. The van der Waals surface area contributed by atoms with E-state index in [0.717, 1.165) is 21.0 Å². The second-order valence-corrected chi connectivity index (χ2v) is 4.94. The van der Waals surface area contributed by atoms with Crippen LogP contribution >= 0.6 is 11.8 Å². The molecule has 0 aliphatic heterocycles. The second-order valence-electron chi connectivity index (χ2n) is 3.83. The molecule has 0 radical (unpaired) electrons. The van der Waals surface area contributed by atoms with Gasteiger partial charge in [0, 0.05) is 16.0 Å². The monoisotopic (exact) mass is 257 g/mol. The predicted molar refractivity (Wildman–Crippen MR) is 69.5 cm³/mol. The van der Waals surface area contributed by atoms with Crippen molar-refractivity contribution in [2.75, 3.05) is 0 Å². The van der Waals surface area contributed by atoms with Gasteiger partial charge in [0.15, 0.2) is 5.65 Å². The van der Waals surface area contributed by atoms with Crippen molar-refractivity contribution in [3.05, 3.63) is 54.5 Å². The minimum Gasteiger partial charge on any atom is -0.392 e. The molecule has 3 aromatic rings. The molecule has 1 aromatic carbocycles. The molecule has 0 aliphatic carbocycles. The van der Waals surface area contributed by atoms with Gasteiger partial charge in [-0.25, -0.2) is 0 Å². The molecule has 2 aromatic heterocycles. The predicted octanol–water partition coefficient (Wildman–Crippen LogP) is 2.37. The highest BCUT2D eigenvalue weighted by Gasteiger charge is 2.04. The van der Waals surface area contributed by atoms with Gasteiger partial charge in [0.1, 0.15) is 6.33 Å². The molecule has 0 unspecified atom stereocenters. The third-order valence-electron chi connectivity index (χ3n) is 2.63. The van der Waals surface area contributed by atoms with Crippen LogP contribution in [0, 0.1) is 0 Å². The molecule has 0 amide bonds. The van der Waals surface area contributed by atoms with Crippen LogP contribution in [0.25, 0.3) is 5.65 Å². The van der Waals surface area contributed by atoms with Crippen molar-refractivity contribution in [3.8, 4) is 0 Å². The average Bonchev–Trinajstić information content (AvgIpc) is 2.87. The summed E-state index contributed by atoms with van der Waals surface area (Å²) in [6.45, 7) is 0.0536. The summed E-state index contributed by atoms with van der Waals surface area (Å²) in [7, 11) is 0. The van der Waals surface area contributed by atoms with E-state index in [2.05, 4.69) is 10.2 Å². The molecule has 0 atom stereocenters. The highest BCUT2D eigenvalue weighted by atomic mass is 32.2. The van der Waals surface area contributed by atoms with Gasteiger partial charge in [-0.2, -0.15) is 0 Å². The SMILES string of the molecule is OCc1ccccc1Sc1ccc2nncn2c1. The van der Waals surface area contributed by atoms with E-state index in [1.807, 2.05) is 47.0 Å². The van der Waals surface area contributed by atoms with E-state index in [0.29, 0.717) is 0 Å². The highest BCUT2D eigenvalue weighted by Crippen LogP contribution is 2.30. The number of fused-ring (bicyclic) bond motifs is 1. The summed E-state index contributed by atoms with van der Waals surface area (Å²) < 4.78 is 1.88. The molecule has 2 heterocycles. The van der Waals surface area contributed by atoms with Gasteiger partial charge in [-0.05, 0) is 23.8 Å². The summed E-state index contributed by atoms with van der Waals surface area (Å²) in [5.74, 6) is 0. The fourth-order valence-corrected chi connectivity index (χ4v) is 2.69. The van der Waals surface area contributed by atoms with Crippen LogP contribution in [0.15, 0.2) is 58.7 Å². The molecule has 3 rings (SSSR count). The smallest absolute Gasteiger partial charge is 0.160 e. The van der Waals surface area contributed by atoms with Crippen LogP contribution in [-0.4, -0.2) is 19.7 Å². The Kier molecular flexibility index (Phi) is 3.00. The second kappa shape index (κ2) is 4.80. The quantitative estimate of drug-likeness (QED) is 0.782. The van der Waals surface area contributed by atoms with E-state index in [4.69, 9.17) is 0 Å². The molecule has 0 spiro atoms. The first kappa shape index (κ1) is 11.3. The molecule has 0 bridgehead atoms. The van der Waals surface area contributed by atoms with E-state index >= 15 is 0 Å². The van der Waals surface area contributed by atoms with Crippen LogP contribution < -0.4 is 0 Å². The van der Waals surface area contributed by atoms with Gasteiger partial charge in [-0.3, -0.25) is 4.40 Å². The van der Waals surface area contributed by atoms with Gasteiger partial charge in [0.25, 0.3) is 0 Å². The first-order chi connectivity index (χ1) is 8.86. The summed E-state index contributed by atoms with van der Waals surface area (Å²) in [6.07, 6.45) is 3.66. The van der Waals surface area contributed by atoms with E-state index in [-0.39, 0.29) is 6.61 Å². The molecule has 18 heavy (non-hydrogen) atoms. The molecule has 90 valence electrons. The first-order valence-electron chi connectivity index (χ1n) is 5.53. The lowest BCUT2D eigenvalue weighted by Crippen LogP contribution is -1.88. The highest BCUT2D eigenvalue weighted by molar-refractivity contribution is 7.99. The first-order valence-corrected chi connectivity index (χ1v) is 6.34. The minimum atomic E-state index is 0.0536. The summed E-state index contributed by atoms with van der Waals surface area (Å²) in [6, 6.07) is 11.8. The Labute approximate surface area is 108 Å². The summed E-state index contributed by atoms with van der Waals surface area (Å²) in [5.41, 5.74) is 1.76. The Balaban J connectivity index is 1.95. The lowest BCUT2D eigenvalue weighted by atomic mass is 10.2. The maximum atomic E-state index is 9.30. The fraction of sp³-hybridized carbons (Fsp3) is 0.0769. The van der Waals surface area contributed by atoms with Crippen molar-refractivity contribution in [2.45, 2.75) is 16.4 Å². The van der Waals surface area contributed by atoms with Gasteiger partial charge in [0.05, 0.1) is 6.61 Å². The molecule has 1 N–H and O–H groups in total. The number of hydrogen-bond acceptors (Lipinski definition) is 4. The third kappa shape index (κ3) is 2.10. The van der Waals surface area contributed by atoms with Crippen LogP contribution in [0.2, 0.25) is 0 Å². The summed E-state index contributed by atoms with van der Waals surface area (Å²) in [4.78, 5) is 2.15. The van der Waals surface area contributed by atoms with Gasteiger partial charge in [0.2, 0.25) is 0 Å². The van der Waals surface area contributed by atoms with Gasteiger partial charge in [-0.15, -0.1) is 10.2 Å². The van der Waals surface area contributed by atoms with Crippen LogP contribution in [0.5, 0.6) is 0 Å². The third-order valence-corrected chi connectivity index (χ3v) is 3.73. The molecule has 5 heteroatoms. The van der Waals surface area contributed by atoms with Crippen molar-refractivity contribution in [1.29, 1.82) is 0 Å². The fourth-order valence-electron chi connectivity index (χ4n) is 1.73. The van der Waals surface area contributed by atoms with E-state index in [1.54, 1.807) is 18.1 Å². The van der Waals surface area contributed by atoms with Gasteiger partial charge < -0.3 is 5.11 Å². The van der Waals surface area contributed by atoms with Crippen LogP contribution in [-0.2, 0) is 6.61 Å². The molecule has 4 nitrogen and oxygen atoms in total. The van der Waals surface area contributed by atoms with Crippen molar-refractivity contribution in [2.24, 2.45) is 0 Å². The number of aliphatic hydroxyl groups excluding tert-OH is 1. The Bertz CT molecular complexity index is 681. The normalized spacial score (nSPS) is 10.9. The number of nitrogens with zero attached hydrogens (tertiary/aromatic N) is 3. The molecular formula is C13H11N3OS. The van der Waals surface area contributed by atoms with Gasteiger partial charge >= 0.3 is 0 Å². The Morgan fingerprint density at radius 3 is 2.94 bits per heavy atom. The van der Waals surface area contributed by atoms with E-state index in [1.165, 1.54) is 0 Å². The van der Waals surface area contributed by atoms with Crippen molar-refractivity contribution in [3.63, 3.8) is 0 Å². The van der Waals surface area contributed by atoms with Crippen molar-refractivity contribution >= 4 is 17.4 Å². The maximum Gasteiger partial charge on any atom is 0.160 e. The van der Waals surface area contributed by atoms with Crippen molar-refractivity contribution < 1.29 is 5.11 Å².